The third-order valence-electron chi connectivity index (χ3n) is 10.5. The van der Waals surface area contributed by atoms with E-state index in [1.54, 1.807) is 0 Å². The van der Waals surface area contributed by atoms with Gasteiger partial charge >= 0.3 is 0 Å². The molecule has 0 atom stereocenters. The van der Waals surface area contributed by atoms with Crippen molar-refractivity contribution in [3.05, 3.63) is 139 Å². The molecule has 0 aliphatic heterocycles. The number of hydrogen-bond acceptors (Lipinski definition) is 1. The zero-order valence-electron chi connectivity index (χ0n) is 28.7. The van der Waals surface area contributed by atoms with E-state index in [2.05, 4.69) is 121 Å². The molecule has 0 saturated heterocycles. The Hall–Kier alpha value is -5.67. The maximum absolute atomic E-state index is 6.66. The van der Waals surface area contributed by atoms with E-state index < -0.39 is 0 Å². The third kappa shape index (κ3) is 4.75. The fraction of sp³-hybridized carbons (Fsp3) is 0.0444. The summed E-state index contributed by atoms with van der Waals surface area (Å²) in [5, 5.41) is 6.77. The second kappa shape index (κ2) is 12.5. The number of aromatic nitrogens is 2. The van der Waals surface area contributed by atoms with Crippen molar-refractivity contribution < 1.29 is 0 Å². The van der Waals surface area contributed by atoms with E-state index in [0.717, 1.165) is 83.5 Å². The maximum atomic E-state index is 6.66. The molecule has 7 heteroatoms. The number of nitrogens with zero attached hydrogens (tertiary/aromatic N) is 2. The standard InChI is InChI=1S/C45H27B5N2/c1-2-37-51-34-21-11-12-22-36(34)52(37)35-24-23-33(25-13-3-4-14-26(25)35)39-29-17-7-5-15-27(29)38(28-16-6-8-18-30(28)39)31-19-9-10-20-32(31)40-41(46)43(48)45(50)44(49)42(40)47/h3-24H,2H2,1H3. The lowest BCUT2D eigenvalue weighted by atomic mass is 9.59. The van der Waals surface area contributed by atoms with Crippen LogP contribution in [0.15, 0.2) is 133 Å². The van der Waals surface area contributed by atoms with Gasteiger partial charge in [-0.05, 0) is 78.5 Å². The Bertz CT molecular complexity index is 2820. The van der Waals surface area contributed by atoms with Crippen LogP contribution in [-0.4, -0.2) is 48.8 Å². The molecule has 9 rings (SSSR count). The Kier molecular flexibility index (Phi) is 7.77. The van der Waals surface area contributed by atoms with Crippen LogP contribution in [0.1, 0.15) is 12.7 Å². The molecule has 0 unspecified atom stereocenters. The van der Waals surface area contributed by atoms with Gasteiger partial charge in [0, 0.05) is 11.8 Å². The van der Waals surface area contributed by atoms with Gasteiger partial charge in [-0.3, -0.25) is 4.57 Å². The van der Waals surface area contributed by atoms with E-state index in [-0.39, 0.29) is 16.4 Å². The van der Waals surface area contributed by atoms with E-state index in [9.17, 15) is 0 Å². The lowest BCUT2D eigenvalue weighted by Gasteiger charge is -2.25. The molecule has 2 nitrogen and oxygen atoms in total. The Morgan fingerprint density at radius 1 is 0.423 bits per heavy atom. The average Bonchev–Trinajstić information content (AvgIpc) is 3.57. The van der Waals surface area contributed by atoms with Gasteiger partial charge in [-0.1, -0.05) is 133 Å². The monoisotopic (exact) mass is 650 g/mol. The Morgan fingerprint density at radius 3 is 1.44 bits per heavy atom. The highest BCUT2D eigenvalue weighted by Gasteiger charge is 2.23. The van der Waals surface area contributed by atoms with Gasteiger partial charge in [0.05, 0.1) is 16.7 Å². The number of hydrogen-bond donors (Lipinski definition) is 0. The highest BCUT2D eigenvalue weighted by molar-refractivity contribution is 6.68. The first-order valence-electron chi connectivity index (χ1n) is 17.4. The Balaban J connectivity index is 1.36. The van der Waals surface area contributed by atoms with E-state index in [0.29, 0.717) is 16.5 Å². The first-order valence-corrected chi connectivity index (χ1v) is 17.4. The summed E-state index contributed by atoms with van der Waals surface area (Å²) in [7, 11) is 32.3. The molecular weight excluding hydrogens is 623 g/mol. The van der Waals surface area contributed by atoms with Crippen LogP contribution < -0.4 is 27.3 Å². The van der Waals surface area contributed by atoms with Gasteiger partial charge in [0.25, 0.3) is 0 Å². The second-order valence-electron chi connectivity index (χ2n) is 13.2. The zero-order chi connectivity index (χ0) is 35.7. The van der Waals surface area contributed by atoms with Gasteiger partial charge in [-0.25, -0.2) is 4.98 Å². The van der Waals surface area contributed by atoms with E-state index in [4.69, 9.17) is 44.2 Å². The molecule has 0 fully saturated rings. The second-order valence-corrected chi connectivity index (χ2v) is 13.2. The quantitative estimate of drug-likeness (QED) is 0.165. The van der Waals surface area contributed by atoms with Crippen LogP contribution in [0.5, 0.6) is 0 Å². The van der Waals surface area contributed by atoms with Crippen LogP contribution in [0.4, 0.5) is 0 Å². The van der Waals surface area contributed by atoms with Crippen molar-refractivity contribution in [1.29, 1.82) is 0 Å². The molecule has 0 bridgehead atoms. The highest BCUT2D eigenvalue weighted by Crippen LogP contribution is 2.47. The van der Waals surface area contributed by atoms with Crippen molar-refractivity contribution in [2.45, 2.75) is 13.3 Å². The largest absolute Gasteiger partial charge is 0.296 e. The van der Waals surface area contributed by atoms with Crippen LogP contribution in [0.25, 0.3) is 82.4 Å². The summed E-state index contributed by atoms with van der Waals surface area (Å²) in [4.78, 5) is 5.00. The number of rotatable bonds is 5. The summed E-state index contributed by atoms with van der Waals surface area (Å²) < 4.78 is 2.31. The Morgan fingerprint density at radius 2 is 0.865 bits per heavy atom. The van der Waals surface area contributed by atoms with Crippen LogP contribution in [0, 0.1) is 0 Å². The average molecular weight is 650 g/mol. The maximum Gasteiger partial charge on any atom is 0.114 e. The summed E-state index contributed by atoms with van der Waals surface area (Å²) in [5.41, 5.74) is 10.2. The fourth-order valence-electron chi connectivity index (χ4n) is 8.05. The number of imidazole rings is 1. The van der Waals surface area contributed by atoms with Crippen molar-refractivity contribution in [2.75, 3.05) is 0 Å². The lowest BCUT2D eigenvalue weighted by Crippen LogP contribution is -2.55. The molecule has 0 amide bonds. The van der Waals surface area contributed by atoms with Crippen molar-refractivity contribution in [3.8, 4) is 39.1 Å². The van der Waals surface area contributed by atoms with E-state index >= 15 is 0 Å². The molecule has 1 aromatic heterocycles. The van der Waals surface area contributed by atoms with Crippen molar-refractivity contribution in [2.24, 2.45) is 0 Å². The summed E-state index contributed by atoms with van der Waals surface area (Å²) in [6, 6.07) is 46.9. The summed E-state index contributed by atoms with van der Waals surface area (Å²) in [5.74, 6) is 1.03. The number of para-hydroxylation sites is 2. The zero-order valence-corrected chi connectivity index (χ0v) is 28.7. The molecule has 8 aromatic carbocycles. The van der Waals surface area contributed by atoms with Gasteiger partial charge in [0.15, 0.2) is 0 Å². The van der Waals surface area contributed by atoms with Crippen LogP contribution >= 0.6 is 0 Å². The molecule has 10 radical (unpaired) electrons. The number of benzene rings is 8. The topological polar surface area (TPSA) is 17.8 Å². The van der Waals surface area contributed by atoms with Crippen LogP contribution in [0.2, 0.25) is 0 Å². The van der Waals surface area contributed by atoms with Crippen molar-refractivity contribution in [3.63, 3.8) is 0 Å². The fourth-order valence-corrected chi connectivity index (χ4v) is 8.05. The number of fused-ring (bicyclic) bond motifs is 4. The lowest BCUT2D eigenvalue weighted by molar-refractivity contribution is 0.913. The third-order valence-corrected chi connectivity index (χ3v) is 10.5. The Labute approximate surface area is 310 Å². The highest BCUT2D eigenvalue weighted by atomic mass is 15.1. The summed E-state index contributed by atoms with van der Waals surface area (Å²) >= 11 is 0. The predicted molar refractivity (Wildman–Crippen MR) is 226 cm³/mol. The van der Waals surface area contributed by atoms with E-state index in [1.165, 1.54) is 5.56 Å². The molecular formula is C45H27B5N2. The minimum absolute atomic E-state index is 0.196. The van der Waals surface area contributed by atoms with Crippen LogP contribution in [-0.2, 0) is 6.42 Å². The van der Waals surface area contributed by atoms with E-state index in [1.807, 2.05) is 24.3 Å². The SMILES string of the molecule is [B]c1c([B])c([B])c(-c2ccccc2-c2c3ccccc3c(-c3ccc(-n4c(CC)nc5ccccc54)c4ccccc34)c3ccccc23)c([B])c1[B]. The molecule has 0 aliphatic carbocycles. The molecule has 0 saturated carbocycles. The van der Waals surface area contributed by atoms with Gasteiger partial charge in [0.2, 0.25) is 0 Å². The smallest absolute Gasteiger partial charge is 0.114 e. The minimum Gasteiger partial charge on any atom is -0.296 e. The normalized spacial score (nSPS) is 11.6. The molecule has 0 N–H and O–H groups in total. The first kappa shape index (κ1) is 32.3. The minimum atomic E-state index is 0.196. The molecule has 0 spiro atoms. The van der Waals surface area contributed by atoms with Gasteiger partial charge in [-0.15, -0.1) is 16.4 Å². The molecule has 232 valence electrons. The summed E-state index contributed by atoms with van der Waals surface area (Å²) in [6.45, 7) is 2.16. The van der Waals surface area contributed by atoms with Gasteiger partial charge in [0.1, 0.15) is 45.1 Å². The number of aryl methyl sites for hydroxylation is 1. The molecule has 9 aromatic rings. The van der Waals surface area contributed by atoms with Crippen molar-refractivity contribution in [1.82, 2.24) is 9.55 Å². The molecule has 52 heavy (non-hydrogen) atoms. The van der Waals surface area contributed by atoms with Crippen LogP contribution in [0.3, 0.4) is 0 Å². The first-order chi connectivity index (χ1) is 25.4. The van der Waals surface area contributed by atoms with Gasteiger partial charge < -0.3 is 0 Å². The molecule has 1 heterocycles. The summed E-state index contributed by atoms with van der Waals surface area (Å²) in [6.07, 6.45) is 0.815. The van der Waals surface area contributed by atoms with Gasteiger partial charge in [-0.2, -0.15) is 0 Å². The molecule has 0 aliphatic rings. The predicted octanol–water partition coefficient (Wildman–Crippen LogP) is 6.02. The van der Waals surface area contributed by atoms with Crippen molar-refractivity contribution >= 4 is 110 Å².